The summed E-state index contributed by atoms with van der Waals surface area (Å²) in [6.45, 7) is 1.99. The summed E-state index contributed by atoms with van der Waals surface area (Å²) in [5.41, 5.74) is 1.03. The number of carboxylic acid groups (broad SMARTS) is 1. The second kappa shape index (κ2) is 5.74. The third-order valence-corrected chi connectivity index (χ3v) is 3.97. The van der Waals surface area contributed by atoms with Gasteiger partial charge >= 0.3 is 5.97 Å². The van der Waals surface area contributed by atoms with Crippen LogP contribution in [0.1, 0.15) is 31.4 Å². The minimum absolute atomic E-state index is 0.0596. The number of aliphatic carboxylic acids is 1. The molecule has 1 aliphatic carbocycles. The Morgan fingerprint density at radius 3 is 2.47 bits per heavy atom. The largest absolute Gasteiger partial charge is 0.481 e. The maximum atomic E-state index is 11.9. The fraction of sp³-hybridized carbons (Fsp3) is 0.429. The fourth-order valence-electron chi connectivity index (χ4n) is 2.15. The van der Waals surface area contributed by atoms with Crippen LogP contribution in [0.4, 0.5) is 0 Å². The third kappa shape index (κ3) is 3.35. The zero-order chi connectivity index (χ0) is 14.0. The Labute approximate surface area is 120 Å². The lowest BCUT2D eigenvalue weighted by Crippen LogP contribution is -2.30. The SMILES string of the molecule is CCC(NC(=O)[C@@H]1C[C@@H]1C(=O)O)c1ccc(Br)cc1. The molecule has 0 radical (unpaired) electrons. The molecule has 19 heavy (non-hydrogen) atoms. The summed E-state index contributed by atoms with van der Waals surface area (Å²) in [5.74, 6) is -1.89. The molecule has 2 rings (SSSR count). The number of benzene rings is 1. The van der Waals surface area contributed by atoms with Crippen molar-refractivity contribution in [2.24, 2.45) is 11.8 Å². The molecule has 102 valence electrons. The summed E-state index contributed by atoms with van der Waals surface area (Å²) in [5, 5.41) is 11.8. The van der Waals surface area contributed by atoms with Gasteiger partial charge in [-0.15, -0.1) is 0 Å². The van der Waals surface area contributed by atoms with E-state index in [2.05, 4.69) is 21.2 Å². The maximum absolute atomic E-state index is 11.9. The molecule has 4 nitrogen and oxygen atoms in total. The minimum Gasteiger partial charge on any atom is -0.481 e. The Kier molecular flexibility index (Phi) is 4.24. The van der Waals surface area contributed by atoms with Gasteiger partial charge in [-0.3, -0.25) is 9.59 Å². The summed E-state index contributed by atoms with van der Waals surface area (Å²) >= 11 is 3.37. The van der Waals surface area contributed by atoms with Crippen LogP contribution in [0.15, 0.2) is 28.7 Å². The summed E-state index contributed by atoms with van der Waals surface area (Å²) in [7, 11) is 0. The van der Waals surface area contributed by atoms with Crippen molar-refractivity contribution in [3.05, 3.63) is 34.3 Å². The number of carboxylic acids is 1. The summed E-state index contributed by atoms with van der Waals surface area (Å²) in [6, 6.07) is 7.72. The van der Waals surface area contributed by atoms with E-state index in [4.69, 9.17) is 5.11 Å². The van der Waals surface area contributed by atoms with Gasteiger partial charge in [0.25, 0.3) is 0 Å². The van der Waals surface area contributed by atoms with Crippen molar-refractivity contribution in [2.45, 2.75) is 25.8 Å². The van der Waals surface area contributed by atoms with E-state index < -0.39 is 11.9 Å². The average Bonchev–Trinajstić information content (AvgIpc) is 3.17. The van der Waals surface area contributed by atoms with Crippen molar-refractivity contribution in [3.8, 4) is 0 Å². The van der Waals surface area contributed by atoms with Crippen LogP contribution >= 0.6 is 15.9 Å². The van der Waals surface area contributed by atoms with Crippen LogP contribution in [-0.2, 0) is 9.59 Å². The first-order valence-corrected chi connectivity index (χ1v) is 7.11. The first-order valence-electron chi connectivity index (χ1n) is 6.31. The molecular weight excluding hydrogens is 310 g/mol. The molecule has 1 aromatic rings. The van der Waals surface area contributed by atoms with Gasteiger partial charge in [0, 0.05) is 4.47 Å². The van der Waals surface area contributed by atoms with Gasteiger partial charge in [-0.05, 0) is 30.5 Å². The Morgan fingerprint density at radius 2 is 2.00 bits per heavy atom. The minimum atomic E-state index is -0.878. The zero-order valence-electron chi connectivity index (χ0n) is 10.6. The number of rotatable bonds is 5. The van der Waals surface area contributed by atoms with Gasteiger partial charge in [0.15, 0.2) is 0 Å². The van der Waals surface area contributed by atoms with Crippen molar-refractivity contribution >= 4 is 27.8 Å². The lowest BCUT2D eigenvalue weighted by atomic mass is 10.0. The average molecular weight is 326 g/mol. The van der Waals surface area contributed by atoms with Gasteiger partial charge in [0.2, 0.25) is 5.91 Å². The highest BCUT2D eigenvalue weighted by Crippen LogP contribution is 2.39. The number of halogens is 1. The van der Waals surface area contributed by atoms with E-state index in [9.17, 15) is 9.59 Å². The van der Waals surface area contributed by atoms with E-state index in [-0.39, 0.29) is 17.9 Å². The maximum Gasteiger partial charge on any atom is 0.307 e. The quantitative estimate of drug-likeness (QED) is 0.874. The summed E-state index contributed by atoms with van der Waals surface area (Å²) < 4.78 is 0.991. The fourth-order valence-corrected chi connectivity index (χ4v) is 2.42. The van der Waals surface area contributed by atoms with Gasteiger partial charge in [-0.2, -0.15) is 0 Å². The highest BCUT2D eigenvalue weighted by atomic mass is 79.9. The number of carbonyl (C=O) groups is 2. The molecule has 3 atom stereocenters. The van der Waals surface area contributed by atoms with Gasteiger partial charge in [-0.1, -0.05) is 35.0 Å². The van der Waals surface area contributed by atoms with Crippen molar-refractivity contribution in [1.29, 1.82) is 0 Å². The van der Waals surface area contributed by atoms with Crippen molar-refractivity contribution in [1.82, 2.24) is 5.32 Å². The van der Waals surface area contributed by atoms with Crippen LogP contribution in [-0.4, -0.2) is 17.0 Å². The molecule has 0 heterocycles. The number of nitrogens with one attached hydrogen (secondary N) is 1. The highest BCUT2D eigenvalue weighted by molar-refractivity contribution is 9.10. The highest BCUT2D eigenvalue weighted by Gasteiger charge is 2.48. The van der Waals surface area contributed by atoms with E-state index in [1.165, 1.54) is 0 Å². The Balaban J connectivity index is 1.98. The van der Waals surface area contributed by atoms with Gasteiger partial charge in [0.1, 0.15) is 0 Å². The molecule has 1 aliphatic rings. The van der Waals surface area contributed by atoms with E-state index in [1.807, 2.05) is 31.2 Å². The van der Waals surface area contributed by atoms with Crippen LogP contribution in [0.5, 0.6) is 0 Å². The van der Waals surface area contributed by atoms with Gasteiger partial charge in [0.05, 0.1) is 17.9 Å². The monoisotopic (exact) mass is 325 g/mol. The second-order valence-corrected chi connectivity index (χ2v) is 5.72. The Morgan fingerprint density at radius 1 is 1.37 bits per heavy atom. The number of carbonyl (C=O) groups excluding carboxylic acids is 1. The number of hydrogen-bond acceptors (Lipinski definition) is 2. The second-order valence-electron chi connectivity index (χ2n) is 4.81. The molecule has 1 fully saturated rings. The van der Waals surface area contributed by atoms with Crippen molar-refractivity contribution < 1.29 is 14.7 Å². The normalized spacial score (nSPS) is 22.6. The molecule has 2 N–H and O–H groups in total. The predicted octanol–water partition coefficient (Wildman–Crippen LogP) is 2.74. The first kappa shape index (κ1) is 14.1. The molecule has 0 aromatic heterocycles. The number of amides is 1. The standard InChI is InChI=1S/C14H16BrNO3/c1-2-12(8-3-5-9(15)6-4-8)16-13(17)10-7-11(10)14(18)19/h3-6,10-12H,2,7H2,1H3,(H,16,17)(H,18,19)/t10-,11+,12?/m1/s1. The van der Waals surface area contributed by atoms with Crippen molar-refractivity contribution in [3.63, 3.8) is 0 Å². The lowest BCUT2D eigenvalue weighted by Gasteiger charge is -2.17. The molecule has 1 aromatic carbocycles. The molecule has 0 aliphatic heterocycles. The van der Waals surface area contributed by atoms with Crippen LogP contribution in [0.3, 0.4) is 0 Å². The summed E-state index contributed by atoms with van der Waals surface area (Å²) in [4.78, 5) is 22.7. The van der Waals surface area contributed by atoms with E-state index in [0.29, 0.717) is 6.42 Å². The third-order valence-electron chi connectivity index (χ3n) is 3.44. The van der Waals surface area contributed by atoms with Crippen molar-refractivity contribution in [2.75, 3.05) is 0 Å². The zero-order valence-corrected chi connectivity index (χ0v) is 12.2. The van der Waals surface area contributed by atoms with E-state index >= 15 is 0 Å². The van der Waals surface area contributed by atoms with E-state index in [0.717, 1.165) is 16.5 Å². The Bertz CT molecular complexity index is 486. The molecule has 0 bridgehead atoms. The summed E-state index contributed by atoms with van der Waals surface area (Å²) in [6.07, 6.45) is 1.23. The van der Waals surface area contributed by atoms with Gasteiger partial charge < -0.3 is 10.4 Å². The molecular formula is C14H16BrNO3. The van der Waals surface area contributed by atoms with E-state index in [1.54, 1.807) is 0 Å². The predicted molar refractivity (Wildman–Crippen MR) is 74.5 cm³/mol. The molecule has 1 amide bonds. The van der Waals surface area contributed by atoms with Crippen LogP contribution in [0, 0.1) is 11.8 Å². The topological polar surface area (TPSA) is 66.4 Å². The molecule has 0 spiro atoms. The first-order chi connectivity index (χ1) is 9.02. The lowest BCUT2D eigenvalue weighted by molar-refractivity contribution is -0.140. The van der Waals surface area contributed by atoms with Crippen LogP contribution in [0.2, 0.25) is 0 Å². The molecule has 5 heteroatoms. The smallest absolute Gasteiger partial charge is 0.307 e. The number of hydrogen-bond donors (Lipinski definition) is 2. The Hall–Kier alpha value is -1.36. The molecule has 1 saturated carbocycles. The molecule has 0 saturated heterocycles. The molecule has 1 unspecified atom stereocenters. The van der Waals surface area contributed by atoms with Crippen LogP contribution < -0.4 is 5.32 Å². The van der Waals surface area contributed by atoms with Crippen LogP contribution in [0.25, 0.3) is 0 Å². The van der Waals surface area contributed by atoms with Gasteiger partial charge in [-0.25, -0.2) is 0 Å².